The van der Waals surface area contributed by atoms with Crippen molar-refractivity contribution < 1.29 is 45.7 Å². The van der Waals surface area contributed by atoms with E-state index in [2.05, 4.69) is 25.1 Å². The zero-order valence-electron chi connectivity index (χ0n) is 26.8. The summed E-state index contributed by atoms with van der Waals surface area (Å²) in [7, 11) is 0. The first kappa shape index (κ1) is 34.8. The van der Waals surface area contributed by atoms with Crippen LogP contribution < -0.4 is 25.4 Å². The Morgan fingerprint density at radius 2 is 1.72 bits per heavy atom. The number of benzene rings is 2. The molecule has 2 fully saturated rings. The number of alkyl halides is 6. The molecule has 2 atom stereocenters. The molecule has 1 unspecified atom stereocenters. The Bertz CT molecular complexity index is 1890. The number of ether oxygens (including phenoxy) is 2. The molecule has 2 aromatic carbocycles. The number of halogens is 6. The summed E-state index contributed by atoms with van der Waals surface area (Å²) >= 11 is 0. The molecule has 2 aliphatic rings. The molecule has 2 aromatic heterocycles. The highest BCUT2D eigenvalue weighted by atomic mass is 19.4. The van der Waals surface area contributed by atoms with E-state index < -0.39 is 42.3 Å². The van der Waals surface area contributed by atoms with Gasteiger partial charge in [0.05, 0.1) is 11.4 Å². The number of nitrogens with two attached hydrogens (primary N) is 1. The molecule has 4 heterocycles. The number of nitrogens with one attached hydrogen (secondary N) is 1. The fourth-order valence-corrected chi connectivity index (χ4v) is 6.52. The van der Waals surface area contributed by atoms with Gasteiger partial charge in [-0.05, 0) is 79.5 Å². The average molecular weight is 706 g/mol. The Morgan fingerprint density at radius 1 is 1.02 bits per heavy atom. The van der Waals surface area contributed by atoms with Gasteiger partial charge in [0.15, 0.2) is 0 Å². The summed E-state index contributed by atoms with van der Waals surface area (Å²) in [5.74, 6) is -1.74. The van der Waals surface area contributed by atoms with E-state index in [0.717, 1.165) is 6.07 Å². The summed E-state index contributed by atoms with van der Waals surface area (Å²) in [4.78, 5) is 21.5. The van der Waals surface area contributed by atoms with Gasteiger partial charge >= 0.3 is 18.5 Å². The number of aliphatic carboxylic acids is 1. The number of hydrogen-bond acceptors (Lipinski definition) is 9. The number of aromatic nitrogens is 4. The van der Waals surface area contributed by atoms with Crippen molar-refractivity contribution in [1.82, 2.24) is 25.1 Å². The fraction of sp³-hybridized carbons (Fsp3) is 0.394. The number of carboxylic acids is 1. The number of aryl methyl sites for hydroxylation is 2. The van der Waals surface area contributed by atoms with Crippen LogP contribution in [0, 0.1) is 19.3 Å². The molecule has 0 radical (unpaired) electrons. The van der Waals surface area contributed by atoms with Crippen LogP contribution >= 0.6 is 0 Å². The summed E-state index contributed by atoms with van der Waals surface area (Å²) in [6.45, 7) is 4.59. The minimum absolute atomic E-state index is 0.0135. The Labute approximate surface area is 282 Å². The number of nitrogens with zero attached hydrogens (tertiary/aromatic N) is 5. The van der Waals surface area contributed by atoms with Crippen molar-refractivity contribution in [2.45, 2.75) is 57.8 Å². The monoisotopic (exact) mass is 705 g/mol. The maximum Gasteiger partial charge on any atom is 0.573 e. The molecular weight excluding hydrogens is 672 g/mol. The van der Waals surface area contributed by atoms with Crippen LogP contribution in [0.3, 0.4) is 0 Å². The lowest BCUT2D eigenvalue weighted by Crippen LogP contribution is -2.41. The number of nitrogen functional groups attached to an aromatic ring is 1. The van der Waals surface area contributed by atoms with Crippen molar-refractivity contribution in [3.05, 3.63) is 71.5 Å². The third-order valence-corrected chi connectivity index (χ3v) is 9.07. The van der Waals surface area contributed by atoms with E-state index in [1.807, 2.05) is 4.90 Å². The molecule has 1 spiro atoms. The number of hydrogen-bond donors (Lipinski definition) is 3. The van der Waals surface area contributed by atoms with Gasteiger partial charge in [-0.3, -0.25) is 4.79 Å². The topological polar surface area (TPSA) is 141 Å². The summed E-state index contributed by atoms with van der Waals surface area (Å²) in [6, 6.07) is 10.3. The van der Waals surface area contributed by atoms with Crippen LogP contribution in [0.25, 0.3) is 16.8 Å². The van der Waals surface area contributed by atoms with E-state index >= 15 is 0 Å². The molecule has 2 saturated heterocycles. The summed E-state index contributed by atoms with van der Waals surface area (Å²) in [6.07, 6.45) is -9.11. The highest BCUT2D eigenvalue weighted by Crippen LogP contribution is 2.43. The van der Waals surface area contributed by atoms with Gasteiger partial charge in [-0.25, -0.2) is 4.68 Å². The highest BCUT2D eigenvalue weighted by Gasteiger charge is 2.46. The Hall–Kier alpha value is -5.06. The van der Waals surface area contributed by atoms with Crippen molar-refractivity contribution in [2.75, 3.05) is 30.3 Å². The lowest BCUT2D eigenvalue weighted by atomic mass is 9.76. The SMILES string of the molecule is Cc1ccn(-c2cc(-c3ccc(OC(F)(F)F)c(C)c3)ccc2[C@@H](Oc2cc(N3CCC4(CC3)CNC(C(=O)O)C4)nc(N)n2)C(F)(F)F)n1. The molecule has 0 aliphatic carbocycles. The van der Waals surface area contributed by atoms with Gasteiger partial charge in [0.25, 0.3) is 0 Å². The summed E-state index contributed by atoms with van der Waals surface area (Å²) in [5, 5.41) is 16.7. The first-order chi connectivity index (χ1) is 23.5. The van der Waals surface area contributed by atoms with E-state index in [0.29, 0.717) is 55.7 Å². The molecule has 4 aromatic rings. The first-order valence-corrected chi connectivity index (χ1v) is 15.6. The van der Waals surface area contributed by atoms with Crippen LogP contribution in [0.5, 0.6) is 11.6 Å². The zero-order valence-corrected chi connectivity index (χ0v) is 26.8. The summed E-state index contributed by atoms with van der Waals surface area (Å²) in [5.41, 5.74) is 6.99. The van der Waals surface area contributed by atoms with Gasteiger partial charge in [0, 0.05) is 37.5 Å². The molecule has 0 amide bonds. The molecule has 50 heavy (non-hydrogen) atoms. The average Bonchev–Trinajstić information content (AvgIpc) is 3.66. The quantitative estimate of drug-likeness (QED) is 0.183. The Balaban J connectivity index is 1.30. The van der Waals surface area contributed by atoms with Crippen molar-refractivity contribution in [3.63, 3.8) is 0 Å². The van der Waals surface area contributed by atoms with Crippen LogP contribution in [0.4, 0.5) is 38.1 Å². The van der Waals surface area contributed by atoms with E-state index in [9.17, 15) is 36.2 Å². The number of piperidine rings is 1. The second kappa shape index (κ2) is 13.0. The second-order valence-electron chi connectivity index (χ2n) is 12.6. The molecule has 4 N–H and O–H groups in total. The van der Waals surface area contributed by atoms with Crippen LogP contribution in [0.2, 0.25) is 0 Å². The third kappa shape index (κ3) is 7.56. The normalized spacial score (nSPS) is 18.3. The van der Waals surface area contributed by atoms with Crippen LogP contribution in [-0.2, 0) is 4.79 Å². The minimum Gasteiger partial charge on any atom is -0.480 e. The van der Waals surface area contributed by atoms with Gasteiger partial charge in [-0.15, -0.1) is 13.2 Å². The van der Waals surface area contributed by atoms with Gasteiger partial charge in [-0.2, -0.15) is 28.2 Å². The number of carbonyl (C=O) groups is 1. The standard InChI is InChI=1S/C33H33F6N7O4/c1-18-13-20(4-6-25(18)50-33(37,38)39)21-3-5-22(24(14-21)46-10-7-19(2)44-46)28(32(34,35)36)49-27-15-26(42-30(40)43-27)45-11-8-31(9-12-45)16-23(29(47)48)41-17-31/h3-7,10,13-15,23,28,41H,8-9,11-12,16-17H2,1-2H3,(H,47,48)(H2,40,42,43)/t23?,28-/m1/s1. The van der Waals surface area contributed by atoms with E-state index in [1.54, 1.807) is 13.0 Å². The van der Waals surface area contributed by atoms with Crippen LogP contribution in [0.1, 0.15) is 42.2 Å². The summed E-state index contributed by atoms with van der Waals surface area (Å²) < 4.78 is 94.0. The number of anilines is 2. The first-order valence-electron chi connectivity index (χ1n) is 15.6. The van der Waals surface area contributed by atoms with Gasteiger partial charge < -0.3 is 30.5 Å². The lowest BCUT2D eigenvalue weighted by Gasteiger charge is -2.39. The Morgan fingerprint density at radius 3 is 2.32 bits per heavy atom. The molecular formula is C33H33F6N7O4. The molecule has 6 rings (SSSR count). The maximum absolute atomic E-state index is 14.9. The second-order valence-corrected chi connectivity index (χ2v) is 12.6. The van der Waals surface area contributed by atoms with E-state index in [-0.39, 0.29) is 34.0 Å². The molecule has 2 aliphatic heterocycles. The van der Waals surface area contributed by atoms with Crippen molar-refractivity contribution in [3.8, 4) is 28.4 Å². The predicted octanol–water partition coefficient (Wildman–Crippen LogP) is 6.14. The van der Waals surface area contributed by atoms with Gasteiger partial charge in [-0.1, -0.05) is 18.2 Å². The largest absolute Gasteiger partial charge is 0.573 e. The van der Waals surface area contributed by atoms with E-state index in [4.69, 9.17) is 10.5 Å². The van der Waals surface area contributed by atoms with Gasteiger partial charge in [0.1, 0.15) is 17.6 Å². The minimum atomic E-state index is -4.95. The van der Waals surface area contributed by atoms with E-state index in [1.165, 1.54) is 54.2 Å². The van der Waals surface area contributed by atoms with Crippen LogP contribution in [-0.4, -0.2) is 69.0 Å². The molecule has 0 bridgehead atoms. The van der Waals surface area contributed by atoms with Gasteiger partial charge in [0.2, 0.25) is 17.9 Å². The Kier molecular flexibility index (Phi) is 9.05. The van der Waals surface area contributed by atoms with Crippen molar-refractivity contribution >= 4 is 17.7 Å². The van der Waals surface area contributed by atoms with Crippen LogP contribution in [0.15, 0.2) is 54.7 Å². The zero-order chi connectivity index (χ0) is 36.0. The molecule has 0 saturated carbocycles. The molecule has 17 heteroatoms. The van der Waals surface area contributed by atoms with Crippen molar-refractivity contribution in [1.29, 1.82) is 0 Å². The molecule has 11 nitrogen and oxygen atoms in total. The third-order valence-electron chi connectivity index (χ3n) is 9.07. The predicted molar refractivity (Wildman–Crippen MR) is 169 cm³/mol. The van der Waals surface area contributed by atoms with Crippen molar-refractivity contribution in [2.24, 2.45) is 5.41 Å². The maximum atomic E-state index is 14.9. The number of rotatable bonds is 8. The molecule has 266 valence electrons. The smallest absolute Gasteiger partial charge is 0.480 e. The highest BCUT2D eigenvalue weighted by molar-refractivity contribution is 5.74. The number of carboxylic acid groups (broad SMARTS) is 1. The lowest BCUT2D eigenvalue weighted by molar-refractivity contribution is -0.274. The fourth-order valence-electron chi connectivity index (χ4n) is 6.52.